The summed E-state index contributed by atoms with van der Waals surface area (Å²) in [6, 6.07) is 7.99. The van der Waals surface area contributed by atoms with Crippen LogP contribution in [0, 0.1) is 6.92 Å². The van der Waals surface area contributed by atoms with Gasteiger partial charge in [0.05, 0.1) is 28.5 Å². The molecule has 0 saturated heterocycles. The zero-order valence-electron chi connectivity index (χ0n) is 15.5. The van der Waals surface area contributed by atoms with Crippen molar-refractivity contribution >= 4 is 33.3 Å². The van der Waals surface area contributed by atoms with E-state index in [0.29, 0.717) is 5.69 Å². The molecular weight excluding hydrogens is 370 g/mol. The largest absolute Gasteiger partial charge is 0.338 e. The number of para-hydroxylation sites is 2. The van der Waals surface area contributed by atoms with Gasteiger partial charge in [-0.3, -0.25) is 9.78 Å². The van der Waals surface area contributed by atoms with E-state index >= 15 is 0 Å². The van der Waals surface area contributed by atoms with E-state index in [4.69, 9.17) is 4.98 Å². The van der Waals surface area contributed by atoms with E-state index in [0.717, 1.165) is 52.4 Å². The van der Waals surface area contributed by atoms with Crippen molar-refractivity contribution in [2.24, 2.45) is 0 Å². The molecule has 28 heavy (non-hydrogen) atoms. The summed E-state index contributed by atoms with van der Waals surface area (Å²) < 4.78 is 0. The van der Waals surface area contributed by atoms with E-state index in [1.165, 1.54) is 23.1 Å². The molecule has 2 N–H and O–H groups in total. The Hall–Kier alpha value is -3.06. The lowest BCUT2D eigenvalue weighted by Crippen LogP contribution is -2.14. The van der Waals surface area contributed by atoms with Crippen LogP contribution in [0.15, 0.2) is 36.7 Å². The van der Waals surface area contributed by atoms with Crippen molar-refractivity contribution in [3.05, 3.63) is 58.5 Å². The number of hydrogen-bond acceptors (Lipinski definition) is 5. The van der Waals surface area contributed by atoms with Crippen LogP contribution in [0.1, 0.15) is 39.5 Å². The Morgan fingerprint density at radius 1 is 1.14 bits per heavy atom. The predicted octanol–water partition coefficient (Wildman–Crippen LogP) is 4.52. The van der Waals surface area contributed by atoms with E-state index in [9.17, 15) is 4.79 Å². The maximum atomic E-state index is 12.8. The summed E-state index contributed by atoms with van der Waals surface area (Å²) in [5, 5.41) is 3.90. The van der Waals surface area contributed by atoms with E-state index in [2.05, 4.69) is 20.3 Å². The number of carbonyl (C=O) groups excluding carboxylic acids is 1. The number of amides is 1. The minimum atomic E-state index is -0.247. The van der Waals surface area contributed by atoms with Crippen LogP contribution < -0.4 is 5.32 Å². The standard InChI is InChI=1S/C21H19N5OS/c1-12-10-23-16(11-22-12)20(27)26-21-18(13-6-2-5-9-17(13)28-21)19-24-14-7-3-4-8-15(14)25-19/h3-4,7-8,10-11H,2,5-6,9H2,1H3,(H,24,25)(H,26,27). The predicted molar refractivity (Wildman–Crippen MR) is 111 cm³/mol. The lowest BCUT2D eigenvalue weighted by Gasteiger charge is -2.12. The first kappa shape index (κ1) is 17.1. The number of aryl methyl sites for hydroxylation is 2. The summed E-state index contributed by atoms with van der Waals surface area (Å²) in [5.74, 6) is 0.564. The summed E-state index contributed by atoms with van der Waals surface area (Å²) in [6.45, 7) is 1.85. The molecule has 0 unspecified atom stereocenters. The molecule has 6 nitrogen and oxygen atoms in total. The van der Waals surface area contributed by atoms with Gasteiger partial charge < -0.3 is 10.3 Å². The van der Waals surface area contributed by atoms with Crippen LogP contribution in [0.2, 0.25) is 0 Å². The van der Waals surface area contributed by atoms with Gasteiger partial charge in [-0.05, 0) is 50.3 Å². The number of fused-ring (bicyclic) bond motifs is 2. The molecule has 1 amide bonds. The third-order valence-corrected chi connectivity index (χ3v) is 6.25. The first-order valence-electron chi connectivity index (χ1n) is 9.39. The number of imidazole rings is 1. The molecule has 1 aromatic carbocycles. The average molecular weight is 389 g/mol. The van der Waals surface area contributed by atoms with Crippen LogP contribution in [-0.2, 0) is 12.8 Å². The van der Waals surface area contributed by atoms with Crippen LogP contribution in [-0.4, -0.2) is 25.8 Å². The Balaban J connectivity index is 1.58. The fraction of sp³-hybridized carbons (Fsp3) is 0.238. The number of rotatable bonds is 3. The highest BCUT2D eigenvalue weighted by atomic mass is 32.1. The molecule has 0 spiro atoms. The Bertz CT molecular complexity index is 1140. The van der Waals surface area contributed by atoms with Gasteiger partial charge in [0.25, 0.3) is 5.91 Å². The van der Waals surface area contributed by atoms with E-state index in [1.54, 1.807) is 17.5 Å². The number of nitrogens with one attached hydrogen (secondary N) is 2. The minimum Gasteiger partial charge on any atom is -0.338 e. The molecule has 1 aliphatic carbocycles. The molecule has 5 rings (SSSR count). The average Bonchev–Trinajstić information content (AvgIpc) is 3.28. The van der Waals surface area contributed by atoms with Crippen LogP contribution in [0.5, 0.6) is 0 Å². The molecule has 7 heteroatoms. The molecular formula is C21H19N5OS. The molecule has 4 aromatic rings. The van der Waals surface area contributed by atoms with Crippen LogP contribution >= 0.6 is 11.3 Å². The number of nitrogens with zero attached hydrogens (tertiary/aromatic N) is 3. The number of carbonyl (C=O) groups is 1. The van der Waals surface area contributed by atoms with Crippen molar-refractivity contribution in [3.8, 4) is 11.4 Å². The zero-order valence-corrected chi connectivity index (χ0v) is 16.3. The van der Waals surface area contributed by atoms with Crippen LogP contribution in [0.3, 0.4) is 0 Å². The Morgan fingerprint density at radius 2 is 2.00 bits per heavy atom. The third-order valence-electron chi connectivity index (χ3n) is 5.04. The number of hydrogen-bond donors (Lipinski definition) is 2. The van der Waals surface area contributed by atoms with Gasteiger partial charge in [-0.15, -0.1) is 11.3 Å². The number of thiophene rings is 1. The van der Waals surface area contributed by atoms with Crippen molar-refractivity contribution < 1.29 is 4.79 Å². The summed E-state index contributed by atoms with van der Waals surface area (Å²) in [6.07, 6.45) is 7.52. The van der Waals surface area contributed by atoms with Gasteiger partial charge >= 0.3 is 0 Å². The van der Waals surface area contributed by atoms with Gasteiger partial charge in [0, 0.05) is 11.1 Å². The third kappa shape index (κ3) is 2.97. The van der Waals surface area contributed by atoms with Crippen molar-refractivity contribution in [2.75, 3.05) is 5.32 Å². The van der Waals surface area contributed by atoms with Gasteiger partial charge in [-0.1, -0.05) is 12.1 Å². The fourth-order valence-corrected chi connectivity index (χ4v) is 4.94. The molecule has 3 aromatic heterocycles. The molecule has 0 saturated carbocycles. The van der Waals surface area contributed by atoms with Gasteiger partial charge in [0.2, 0.25) is 0 Å². The highest BCUT2D eigenvalue weighted by Gasteiger charge is 2.25. The monoisotopic (exact) mass is 389 g/mol. The molecule has 0 radical (unpaired) electrons. The number of H-pyrrole nitrogens is 1. The minimum absolute atomic E-state index is 0.247. The topological polar surface area (TPSA) is 83.6 Å². The van der Waals surface area contributed by atoms with Crippen LogP contribution in [0.4, 0.5) is 5.00 Å². The summed E-state index contributed by atoms with van der Waals surface area (Å²) in [4.78, 5) is 30.7. The summed E-state index contributed by atoms with van der Waals surface area (Å²) >= 11 is 1.65. The van der Waals surface area contributed by atoms with E-state index in [1.807, 2.05) is 31.2 Å². The lowest BCUT2D eigenvalue weighted by atomic mass is 9.95. The normalized spacial score (nSPS) is 13.5. The molecule has 0 aliphatic heterocycles. The number of anilines is 1. The molecule has 1 aliphatic rings. The number of aromatic nitrogens is 4. The molecule has 0 bridgehead atoms. The maximum absolute atomic E-state index is 12.8. The SMILES string of the molecule is Cc1cnc(C(=O)Nc2sc3c(c2-c2nc4ccccc4[nH]2)CCCC3)cn1. The van der Waals surface area contributed by atoms with E-state index < -0.39 is 0 Å². The Morgan fingerprint density at radius 3 is 2.82 bits per heavy atom. The molecule has 140 valence electrons. The second kappa shape index (κ2) is 6.83. The fourth-order valence-electron chi connectivity index (χ4n) is 3.65. The maximum Gasteiger partial charge on any atom is 0.276 e. The Labute approximate surface area is 166 Å². The van der Waals surface area contributed by atoms with E-state index in [-0.39, 0.29) is 5.91 Å². The molecule has 0 fully saturated rings. The highest BCUT2D eigenvalue weighted by Crippen LogP contribution is 2.43. The highest BCUT2D eigenvalue weighted by molar-refractivity contribution is 7.17. The summed E-state index contributed by atoms with van der Waals surface area (Å²) in [7, 11) is 0. The van der Waals surface area contributed by atoms with Crippen molar-refractivity contribution in [3.63, 3.8) is 0 Å². The van der Waals surface area contributed by atoms with Crippen LogP contribution in [0.25, 0.3) is 22.4 Å². The molecule has 3 heterocycles. The quantitative estimate of drug-likeness (QED) is 0.539. The summed E-state index contributed by atoms with van der Waals surface area (Å²) in [5.41, 5.74) is 5.34. The number of aromatic amines is 1. The van der Waals surface area contributed by atoms with Crippen molar-refractivity contribution in [2.45, 2.75) is 32.6 Å². The lowest BCUT2D eigenvalue weighted by molar-refractivity contribution is 0.102. The first-order chi connectivity index (χ1) is 13.7. The zero-order chi connectivity index (χ0) is 19.1. The van der Waals surface area contributed by atoms with Gasteiger partial charge in [-0.25, -0.2) is 9.97 Å². The van der Waals surface area contributed by atoms with Crippen molar-refractivity contribution in [1.29, 1.82) is 0 Å². The first-order valence-corrected chi connectivity index (χ1v) is 10.2. The smallest absolute Gasteiger partial charge is 0.276 e. The van der Waals surface area contributed by atoms with Gasteiger partial charge in [0.1, 0.15) is 16.5 Å². The second-order valence-electron chi connectivity index (χ2n) is 7.01. The number of benzene rings is 1. The van der Waals surface area contributed by atoms with Gasteiger partial charge in [0.15, 0.2) is 0 Å². The Kier molecular flexibility index (Phi) is 4.16. The van der Waals surface area contributed by atoms with Crippen molar-refractivity contribution in [1.82, 2.24) is 19.9 Å². The van der Waals surface area contributed by atoms with Gasteiger partial charge in [-0.2, -0.15) is 0 Å². The second-order valence-corrected chi connectivity index (χ2v) is 8.12. The molecule has 0 atom stereocenters.